The summed E-state index contributed by atoms with van der Waals surface area (Å²) in [4.78, 5) is 25.0. The molecule has 0 aliphatic carbocycles. The molecule has 1 aliphatic rings. The molecule has 1 fully saturated rings. The molecule has 0 aromatic carbocycles. The van der Waals surface area contributed by atoms with Crippen LogP contribution in [0.1, 0.15) is 46.5 Å². The van der Waals surface area contributed by atoms with Gasteiger partial charge in [0, 0.05) is 6.04 Å². The van der Waals surface area contributed by atoms with E-state index in [1.54, 1.807) is 11.8 Å². The quantitative estimate of drug-likeness (QED) is 0.776. The molecule has 1 aliphatic heterocycles. The highest BCUT2D eigenvalue weighted by atomic mass is 16.4. The normalized spacial score (nSPS) is 26.6. The number of piperidine rings is 1. The molecule has 1 heterocycles. The van der Waals surface area contributed by atoms with Crippen molar-refractivity contribution in [1.82, 2.24) is 10.2 Å². The largest absolute Gasteiger partial charge is 0.480 e. The molecule has 0 aromatic rings. The van der Waals surface area contributed by atoms with Gasteiger partial charge in [-0.2, -0.15) is 0 Å². The van der Waals surface area contributed by atoms with Crippen molar-refractivity contribution in [1.29, 1.82) is 0 Å². The molecule has 0 spiro atoms. The first-order chi connectivity index (χ1) is 8.40. The van der Waals surface area contributed by atoms with Crippen molar-refractivity contribution in [3.8, 4) is 0 Å². The number of carboxylic acid groups (broad SMARTS) is 1. The molecular formula is C13H24N2O3. The highest BCUT2D eigenvalue weighted by molar-refractivity contribution is 5.82. The molecule has 5 heteroatoms. The Hall–Kier alpha value is -1.10. The number of hydrogen-bond donors (Lipinski definition) is 2. The lowest BCUT2D eigenvalue weighted by Crippen LogP contribution is -2.58. The fourth-order valence-electron chi connectivity index (χ4n) is 2.27. The Labute approximate surface area is 109 Å². The molecule has 1 saturated heterocycles. The highest BCUT2D eigenvalue weighted by Crippen LogP contribution is 2.27. The van der Waals surface area contributed by atoms with Crippen molar-refractivity contribution in [2.45, 2.75) is 58.0 Å². The van der Waals surface area contributed by atoms with E-state index in [2.05, 4.69) is 5.32 Å². The highest BCUT2D eigenvalue weighted by Gasteiger charge is 2.41. The van der Waals surface area contributed by atoms with E-state index in [0.717, 1.165) is 19.3 Å². The van der Waals surface area contributed by atoms with Crippen molar-refractivity contribution in [3.05, 3.63) is 0 Å². The minimum Gasteiger partial charge on any atom is -0.480 e. The summed E-state index contributed by atoms with van der Waals surface area (Å²) < 4.78 is 0. The predicted octanol–water partition coefficient (Wildman–Crippen LogP) is 1.23. The molecule has 5 nitrogen and oxygen atoms in total. The SMILES string of the molecule is CCC(C)NC(=O)CN1CCCCC1(C)C(=O)O. The van der Waals surface area contributed by atoms with Gasteiger partial charge in [-0.3, -0.25) is 14.5 Å². The number of nitrogens with one attached hydrogen (secondary N) is 1. The lowest BCUT2D eigenvalue weighted by Gasteiger charge is -2.41. The Kier molecular flexibility index (Phi) is 5.14. The number of carbonyl (C=O) groups is 2. The minimum absolute atomic E-state index is 0.0845. The molecule has 0 aromatic heterocycles. The summed E-state index contributed by atoms with van der Waals surface area (Å²) in [7, 11) is 0. The van der Waals surface area contributed by atoms with E-state index in [1.807, 2.05) is 13.8 Å². The Bertz CT molecular complexity index is 319. The summed E-state index contributed by atoms with van der Waals surface area (Å²) in [5.41, 5.74) is -0.898. The molecule has 0 radical (unpaired) electrons. The van der Waals surface area contributed by atoms with Gasteiger partial charge in [-0.25, -0.2) is 0 Å². The van der Waals surface area contributed by atoms with Gasteiger partial charge in [0.2, 0.25) is 5.91 Å². The number of amides is 1. The van der Waals surface area contributed by atoms with Gasteiger partial charge in [0.1, 0.15) is 5.54 Å². The second kappa shape index (κ2) is 6.18. The number of hydrogen-bond acceptors (Lipinski definition) is 3. The molecule has 18 heavy (non-hydrogen) atoms. The first-order valence-electron chi connectivity index (χ1n) is 6.68. The Morgan fingerprint density at radius 2 is 2.11 bits per heavy atom. The van der Waals surface area contributed by atoms with E-state index >= 15 is 0 Å². The summed E-state index contributed by atoms with van der Waals surface area (Å²) in [6.07, 6.45) is 3.35. The second-order valence-electron chi connectivity index (χ2n) is 5.33. The summed E-state index contributed by atoms with van der Waals surface area (Å²) >= 11 is 0. The molecule has 1 rings (SSSR count). The van der Waals surface area contributed by atoms with Gasteiger partial charge in [0.05, 0.1) is 6.54 Å². The number of carbonyl (C=O) groups excluding carboxylic acids is 1. The van der Waals surface area contributed by atoms with Gasteiger partial charge in [-0.05, 0) is 46.1 Å². The Morgan fingerprint density at radius 1 is 1.44 bits per heavy atom. The van der Waals surface area contributed by atoms with E-state index in [0.29, 0.717) is 13.0 Å². The Morgan fingerprint density at radius 3 is 2.67 bits per heavy atom. The third kappa shape index (κ3) is 3.45. The van der Waals surface area contributed by atoms with E-state index < -0.39 is 11.5 Å². The van der Waals surface area contributed by atoms with Gasteiger partial charge >= 0.3 is 5.97 Å². The van der Waals surface area contributed by atoms with Crippen LogP contribution in [-0.2, 0) is 9.59 Å². The van der Waals surface area contributed by atoms with Crippen LogP contribution in [0.2, 0.25) is 0 Å². The first kappa shape index (κ1) is 15.0. The van der Waals surface area contributed by atoms with Gasteiger partial charge in [-0.1, -0.05) is 6.92 Å². The van der Waals surface area contributed by atoms with Crippen LogP contribution in [-0.4, -0.2) is 46.6 Å². The van der Waals surface area contributed by atoms with Crippen molar-refractivity contribution < 1.29 is 14.7 Å². The zero-order chi connectivity index (χ0) is 13.8. The maximum absolute atomic E-state index is 11.8. The van der Waals surface area contributed by atoms with Crippen molar-refractivity contribution in [2.24, 2.45) is 0 Å². The van der Waals surface area contributed by atoms with Crippen LogP contribution in [0.4, 0.5) is 0 Å². The zero-order valence-electron chi connectivity index (χ0n) is 11.5. The lowest BCUT2D eigenvalue weighted by molar-refractivity contribution is -0.153. The number of likely N-dealkylation sites (tertiary alicyclic amines) is 1. The van der Waals surface area contributed by atoms with Crippen LogP contribution in [0.15, 0.2) is 0 Å². The number of carboxylic acids is 1. The average molecular weight is 256 g/mol. The smallest absolute Gasteiger partial charge is 0.323 e. The summed E-state index contributed by atoms with van der Waals surface area (Å²) in [5.74, 6) is -0.919. The number of aliphatic carboxylic acids is 1. The summed E-state index contributed by atoms with van der Waals surface area (Å²) in [5, 5.41) is 12.2. The molecule has 104 valence electrons. The molecule has 0 saturated carbocycles. The third-order valence-corrected chi connectivity index (χ3v) is 3.85. The van der Waals surface area contributed by atoms with Gasteiger partial charge < -0.3 is 10.4 Å². The maximum Gasteiger partial charge on any atom is 0.323 e. The van der Waals surface area contributed by atoms with Crippen LogP contribution in [0.25, 0.3) is 0 Å². The minimum atomic E-state index is -0.898. The molecule has 1 amide bonds. The van der Waals surface area contributed by atoms with Gasteiger partial charge in [0.25, 0.3) is 0 Å². The third-order valence-electron chi connectivity index (χ3n) is 3.85. The lowest BCUT2D eigenvalue weighted by atomic mass is 9.88. The van der Waals surface area contributed by atoms with E-state index in [9.17, 15) is 14.7 Å². The molecule has 2 N–H and O–H groups in total. The first-order valence-corrected chi connectivity index (χ1v) is 6.68. The summed E-state index contributed by atoms with van der Waals surface area (Å²) in [6.45, 7) is 6.52. The Balaban J connectivity index is 2.63. The van der Waals surface area contributed by atoms with Crippen LogP contribution < -0.4 is 5.32 Å². The molecule has 2 atom stereocenters. The van der Waals surface area contributed by atoms with Crippen molar-refractivity contribution in [2.75, 3.05) is 13.1 Å². The van der Waals surface area contributed by atoms with Crippen LogP contribution in [0.3, 0.4) is 0 Å². The number of rotatable bonds is 5. The monoisotopic (exact) mass is 256 g/mol. The standard InChI is InChI=1S/C13H24N2O3/c1-4-10(2)14-11(16)9-15-8-6-5-7-13(15,3)12(17)18/h10H,4-9H2,1-3H3,(H,14,16)(H,17,18). The molecule has 0 bridgehead atoms. The van der Waals surface area contributed by atoms with E-state index in [1.165, 1.54) is 0 Å². The van der Waals surface area contributed by atoms with E-state index in [4.69, 9.17) is 0 Å². The van der Waals surface area contributed by atoms with Crippen LogP contribution >= 0.6 is 0 Å². The zero-order valence-corrected chi connectivity index (χ0v) is 11.5. The van der Waals surface area contributed by atoms with Crippen molar-refractivity contribution in [3.63, 3.8) is 0 Å². The van der Waals surface area contributed by atoms with Crippen LogP contribution in [0.5, 0.6) is 0 Å². The van der Waals surface area contributed by atoms with Crippen LogP contribution in [0, 0.1) is 0 Å². The van der Waals surface area contributed by atoms with E-state index in [-0.39, 0.29) is 18.5 Å². The maximum atomic E-state index is 11.8. The summed E-state index contributed by atoms with van der Waals surface area (Å²) in [6, 6.07) is 0.137. The van der Waals surface area contributed by atoms with Gasteiger partial charge in [-0.15, -0.1) is 0 Å². The fraction of sp³-hybridized carbons (Fsp3) is 0.846. The van der Waals surface area contributed by atoms with Gasteiger partial charge in [0.15, 0.2) is 0 Å². The fourth-order valence-corrected chi connectivity index (χ4v) is 2.27. The predicted molar refractivity (Wildman–Crippen MR) is 69.4 cm³/mol. The topological polar surface area (TPSA) is 69.6 Å². The van der Waals surface area contributed by atoms with Crippen molar-refractivity contribution >= 4 is 11.9 Å². The average Bonchev–Trinajstić information content (AvgIpc) is 2.31. The molecular weight excluding hydrogens is 232 g/mol. The second-order valence-corrected chi connectivity index (χ2v) is 5.33. The number of nitrogens with zero attached hydrogens (tertiary/aromatic N) is 1. The molecule has 2 unspecified atom stereocenters.